The lowest BCUT2D eigenvalue weighted by Gasteiger charge is -2.16. The first-order valence-corrected chi connectivity index (χ1v) is 11.3. The number of amides is 2. The first-order chi connectivity index (χ1) is 13.3. The average molecular weight is 403 g/mol. The first-order valence-electron chi connectivity index (χ1n) is 9.80. The van der Waals surface area contributed by atoms with Gasteiger partial charge in [-0.3, -0.25) is 0 Å². The number of nitrogens with zero attached hydrogens (tertiary/aromatic N) is 2. The first kappa shape index (κ1) is 19.0. The second-order valence-corrected chi connectivity index (χ2v) is 9.63. The molecule has 0 saturated heterocycles. The second-order valence-electron chi connectivity index (χ2n) is 8.00. The second kappa shape index (κ2) is 6.92. The topological polar surface area (TPSA) is 93.1 Å². The van der Waals surface area contributed by atoms with E-state index in [0.717, 1.165) is 55.3 Å². The minimum absolute atomic E-state index is 0.0808. The molecule has 28 heavy (non-hydrogen) atoms. The third-order valence-electron chi connectivity index (χ3n) is 5.62. The normalized spacial score (nSPS) is 15.6. The molecule has 2 aliphatic rings. The molecule has 0 saturated carbocycles. The highest BCUT2D eigenvalue weighted by atomic mass is 32.2. The molecule has 0 bridgehead atoms. The maximum Gasteiger partial charge on any atom is 0.333 e. The number of carbonyl (C=O) groups is 1. The molecule has 4 rings (SSSR count). The molecule has 0 spiro atoms. The molecule has 0 radical (unpaired) electrons. The van der Waals surface area contributed by atoms with Gasteiger partial charge in [-0.2, -0.15) is 8.42 Å². The van der Waals surface area contributed by atoms with Gasteiger partial charge >= 0.3 is 6.03 Å². The number of aryl methyl sites for hydroxylation is 3. The Morgan fingerprint density at radius 3 is 2.25 bits per heavy atom. The molecule has 0 fully saturated rings. The summed E-state index contributed by atoms with van der Waals surface area (Å²) in [6.07, 6.45) is 7.44. The lowest BCUT2D eigenvalue weighted by atomic mass is 9.99. The van der Waals surface area contributed by atoms with E-state index in [0.29, 0.717) is 5.82 Å². The van der Waals surface area contributed by atoms with Gasteiger partial charge in [0.1, 0.15) is 5.82 Å². The molecule has 1 heterocycles. The smallest absolute Gasteiger partial charge is 0.333 e. The van der Waals surface area contributed by atoms with Crippen molar-refractivity contribution >= 4 is 21.7 Å². The Kier molecular flexibility index (Phi) is 4.69. The summed E-state index contributed by atoms with van der Waals surface area (Å²) in [4.78, 5) is 16.8. The van der Waals surface area contributed by atoms with Crippen LogP contribution in [0.2, 0.25) is 0 Å². The van der Waals surface area contributed by atoms with E-state index < -0.39 is 16.1 Å². The van der Waals surface area contributed by atoms with Gasteiger partial charge in [0, 0.05) is 24.8 Å². The fourth-order valence-electron chi connectivity index (χ4n) is 4.40. The lowest BCUT2D eigenvalue weighted by Crippen LogP contribution is -2.35. The van der Waals surface area contributed by atoms with Crippen molar-refractivity contribution in [3.63, 3.8) is 0 Å². The molecule has 8 heteroatoms. The highest BCUT2D eigenvalue weighted by molar-refractivity contribution is 7.90. The molecule has 2 aliphatic carbocycles. The van der Waals surface area contributed by atoms with Crippen LogP contribution >= 0.6 is 0 Å². The van der Waals surface area contributed by atoms with Crippen molar-refractivity contribution in [1.29, 1.82) is 0 Å². The zero-order valence-corrected chi connectivity index (χ0v) is 17.3. The quantitative estimate of drug-likeness (QED) is 0.822. The number of rotatable bonds is 4. The zero-order valence-electron chi connectivity index (χ0n) is 16.5. The number of hydrogen-bond acceptors (Lipinski definition) is 4. The molecule has 2 aromatic rings. The Balaban J connectivity index is 1.58. The van der Waals surface area contributed by atoms with Gasteiger partial charge in [0.05, 0.1) is 0 Å². The minimum Gasteiger partial charge on any atom is -0.336 e. The van der Waals surface area contributed by atoms with Crippen LogP contribution in [-0.4, -0.2) is 24.0 Å². The van der Waals surface area contributed by atoms with Crippen LogP contribution in [0.1, 0.15) is 60.7 Å². The Hall–Kier alpha value is -2.35. The summed E-state index contributed by atoms with van der Waals surface area (Å²) in [7, 11) is -2.29. The Labute approximate surface area is 165 Å². The van der Waals surface area contributed by atoms with E-state index >= 15 is 0 Å². The summed E-state index contributed by atoms with van der Waals surface area (Å²) in [5, 5.41) is 2.71. The molecule has 7 nitrogen and oxygen atoms in total. The van der Waals surface area contributed by atoms with E-state index in [2.05, 4.69) is 21.1 Å². The van der Waals surface area contributed by atoms with Crippen molar-refractivity contribution in [1.82, 2.24) is 14.3 Å². The van der Waals surface area contributed by atoms with E-state index in [9.17, 15) is 13.2 Å². The van der Waals surface area contributed by atoms with Crippen LogP contribution in [0.15, 0.2) is 17.3 Å². The van der Waals surface area contributed by atoms with Crippen molar-refractivity contribution in [2.75, 3.05) is 5.32 Å². The Morgan fingerprint density at radius 2 is 1.71 bits per heavy atom. The fourth-order valence-corrected chi connectivity index (χ4v) is 5.31. The van der Waals surface area contributed by atoms with Crippen LogP contribution < -0.4 is 10.0 Å². The molecule has 2 N–H and O–H groups in total. The molecule has 1 aromatic heterocycles. The lowest BCUT2D eigenvalue weighted by molar-refractivity contribution is 0.256. The van der Waals surface area contributed by atoms with Gasteiger partial charge in [0.25, 0.3) is 10.0 Å². The largest absolute Gasteiger partial charge is 0.336 e. The Morgan fingerprint density at radius 1 is 1.11 bits per heavy atom. The number of fused-ring (bicyclic) bond motifs is 2. The molecule has 2 amide bonds. The highest BCUT2D eigenvalue weighted by Gasteiger charge is 2.27. The van der Waals surface area contributed by atoms with Gasteiger partial charge in [-0.1, -0.05) is 19.9 Å². The number of nitrogens with one attached hydrogen (secondary N) is 2. The summed E-state index contributed by atoms with van der Waals surface area (Å²) in [6, 6.07) is 1.54. The van der Waals surface area contributed by atoms with E-state index in [-0.39, 0.29) is 10.9 Å². The standard InChI is InChI=1S/C20H26N4O3S/c1-12(2)19-21-17(11-24(19)3)28(26,27)23-20(25)22-18-15-8-4-6-13(15)10-14-7-5-9-16(14)18/h10-12H,4-9H2,1-3H3,(H2,22,23,25). The Bertz CT molecular complexity index is 1020. The third kappa shape index (κ3) is 3.30. The van der Waals surface area contributed by atoms with Crippen molar-refractivity contribution < 1.29 is 13.2 Å². The van der Waals surface area contributed by atoms with Crippen LogP contribution in [-0.2, 0) is 42.8 Å². The molecule has 0 aliphatic heterocycles. The van der Waals surface area contributed by atoms with Gasteiger partial charge in [-0.15, -0.1) is 0 Å². The molecule has 1 aromatic carbocycles. The molecule has 0 atom stereocenters. The molecule has 0 unspecified atom stereocenters. The number of imidazole rings is 1. The SMILES string of the molecule is CC(C)c1nc(S(=O)(=O)NC(=O)Nc2c3c(cc4c2CCC4)CCC3)cn1C. The van der Waals surface area contributed by atoms with Gasteiger partial charge in [-0.25, -0.2) is 14.5 Å². The number of urea groups is 1. The summed E-state index contributed by atoms with van der Waals surface area (Å²) >= 11 is 0. The van der Waals surface area contributed by atoms with Crippen LogP contribution in [0.3, 0.4) is 0 Å². The van der Waals surface area contributed by atoms with Crippen LogP contribution in [0.4, 0.5) is 10.5 Å². The number of sulfonamides is 1. The van der Waals surface area contributed by atoms with Crippen LogP contribution in [0, 0.1) is 0 Å². The van der Waals surface area contributed by atoms with Crippen molar-refractivity contribution in [3.8, 4) is 0 Å². The predicted molar refractivity (Wildman–Crippen MR) is 107 cm³/mol. The maximum absolute atomic E-state index is 12.6. The minimum atomic E-state index is -4.04. The number of benzene rings is 1. The summed E-state index contributed by atoms with van der Waals surface area (Å²) in [5.41, 5.74) is 5.70. The summed E-state index contributed by atoms with van der Waals surface area (Å²) < 4.78 is 29.1. The molecule has 150 valence electrons. The van der Waals surface area contributed by atoms with Gasteiger partial charge < -0.3 is 9.88 Å². The number of carbonyl (C=O) groups excluding carboxylic acids is 1. The van der Waals surface area contributed by atoms with Gasteiger partial charge in [-0.05, 0) is 60.8 Å². The van der Waals surface area contributed by atoms with Crippen molar-refractivity contribution in [2.45, 2.75) is 63.3 Å². The van der Waals surface area contributed by atoms with E-state index in [4.69, 9.17) is 0 Å². The summed E-state index contributed by atoms with van der Waals surface area (Å²) in [5.74, 6) is 0.733. The number of hydrogen-bond donors (Lipinski definition) is 2. The van der Waals surface area contributed by atoms with Crippen molar-refractivity contribution in [2.24, 2.45) is 7.05 Å². The fraction of sp³-hybridized carbons (Fsp3) is 0.500. The van der Waals surface area contributed by atoms with E-state index in [1.54, 1.807) is 11.6 Å². The average Bonchev–Trinajstić information content (AvgIpc) is 3.32. The third-order valence-corrected chi connectivity index (χ3v) is 6.82. The number of aromatic nitrogens is 2. The van der Waals surface area contributed by atoms with Crippen molar-refractivity contribution in [3.05, 3.63) is 40.3 Å². The summed E-state index contributed by atoms with van der Waals surface area (Å²) in [6.45, 7) is 3.88. The molecular formula is C20H26N4O3S. The van der Waals surface area contributed by atoms with Gasteiger partial charge in [0.15, 0.2) is 5.03 Å². The highest BCUT2D eigenvalue weighted by Crippen LogP contribution is 2.38. The van der Waals surface area contributed by atoms with E-state index in [1.807, 2.05) is 13.8 Å². The zero-order chi connectivity index (χ0) is 20.1. The molecular weight excluding hydrogens is 376 g/mol. The van der Waals surface area contributed by atoms with E-state index in [1.165, 1.54) is 17.3 Å². The van der Waals surface area contributed by atoms with Crippen LogP contribution in [0.25, 0.3) is 0 Å². The monoisotopic (exact) mass is 402 g/mol. The predicted octanol–water partition coefficient (Wildman–Crippen LogP) is 3.03. The van der Waals surface area contributed by atoms with Gasteiger partial charge in [0.2, 0.25) is 0 Å². The number of anilines is 1. The van der Waals surface area contributed by atoms with Crippen LogP contribution in [0.5, 0.6) is 0 Å². The maximum atomic E-state index is 12.6.